The molecule has 4 rings (SSSR count). The van der Waals surface area contributed by atoms with Gasteiger partial charge in [-0.2, -0.15) is 0 Å². The second-order valence-electron chi connectivity index (χ2n) is 7.80. The second-order valence-corrected chi connectivity index (χ2v) is 7.80. The van der Waals surface area contributed by atoms with Crippen molar-refractivity contribution in [2.75, 3.05) is 63.3 Å². The maximum Gasteiger partial charge on any atom is 0.293 e. The van der Waals surface area contributed by atoms with Gasteiger partial charge in [0.1, 0.15) is 11.5 Å². The summed E-state index contributed by atoms with van der Waals surface area (Å²) in [5, 5.41) is 11.7. The van der Waals surface area contributed by atoms with Crippen LogP contribution in [0.3, 0.4) is 0 Å². The smallest absolute Gasteiger partial charge is 0.293 e. The van der Waals surface area contributed by atoms with Crippen LogP contribution in [0.1, 0.15) is 6.42 Å². The Morgan fingerprint density at radius 2 is 1.87 bits per heavy atom. The third-order valence-electron chi connectivity index (χ3n) is 5.74. The number of anilines is 2. The van der Waals surface area contributed by atoms with Gasteiger partial charge in [0.05, 0.1) is 18.1 Å². The predicted molar refractivity (Wildman–Crippen MR) is 111 cm³/mol. The van der Waals surface area contributed by atoms with Crippen molar-refractivity contribution in [2.45, 2.75) is 12.5 Å². The highest BCUT2D eigenvalue weighted by molar-refractivity contribution is 5.74. The highest BCUT2D eigenvalue weighted by Gasteiger charge is 2.30. The third kappa shape index (κ3) is 4.05. The highest BCUT2D eigenvalue weighted by atomic mass is 19.1. The Balaban J connectivity index is 1.63. The van der Waals surface area contributed by atoms with Crippen molar-refractivity contribution < 1.29 is 14.1 Å². The summed E-state index contributed by atoms with van der Waals surface area (Å²) in [5.74, 6) is 0.0204. The van der Waals surface area contributed by atoms with Crippen LogP contribution in [-0.2, 0) is 4.74 Å². The lowest BCUT2D eigenvalue weighted by atomic mass is 10.1. The van der Waals surface area contributed by atoms with E-state index in [0.29, 0.717) is 56.6 Å². The Labute approximate surface area is 174 Å². The van der Waals surface area contributed by atoms with Gasteiger partial charge in [-0.1, -0.05) is 0 Å². The quantitative estimate of drug-likeness (QED) is 0.541. The van der Waals surface area contributed by atoms with Crippen LogP contribution in [0.25, 0.3) is 11.1 Å². The lowest BCUT2D eigenvalue weighted by Gasteiger charge is -2.26. The molecule has 0 saturated carbocycles. The number of hydrogen-bond donors (Lipinski definition) is 0. The number of ether oxygens (including phenoxy) is 1. The zero-order valence-electron chi connectivity index (χ0n) is 17.1. The molecule has 2 saturated heterocycles. The summed E-state index contributed by atoms with van der Waals surface area (Å²) in [6.07, 6.45) is 3.90. The molecular weight excluding hydrogens is 391 g/mol. The van der Waals surface area contributed by atoms with E-state index >= 15 is 4.39 Å². The zero-order valence-corrected chi connectivity index (χ0v) is 17.1. The minimum Gasteiger partial charge on any atom is -0.378 e. The third-order valence-corrected chi connectivity index (χ3v) is 5.74. The fraction of sp³-hybridized carbons (Fsp3) is 0.500. The van der Waals surface area contributed by atoms with Crippen LogP contribution in [0.5, 0.6) is 0 Å². The van der Waals surface area contributed by atoms with Gasteiger partial charge in [0.15, 0.2) is 0 Å². The monoisotopic (exact) mass is 416 g/mol. The number of rotatable bonds is 5. The Kier molecular flexibility index (Phi) is 5.78. The lowest BCUT2D eigenvalue weighted by molar-refractivity contribution is -0.384. The Hall–Kier alpha value is -2.85. The summed E-state index contributed by atoms with van der Waals surface area (Å²) in [6.45, 7) is 3.89. The van der Waals surface area contributed by atoms with Gasteiger partial charge in [0.2, 0.25) is 5.95 Å². The van der Waals surface area contributed by atoms with Gasteiger partial charge in [-0.25, -0.2) is 14.4 Å². The first kappa shape index (κ1) is 20.4. The first-order valence-corrected chi connectivity index (χ1v) is 9.98. The van der Waals surface area contributed by atoms with Crippen molar-refractivity contribution in [2.24, 2.45) is 0 Å². The Morgan fingerprint density at radius 1 is 1.17 bits per heavy atom. The molecule has 0 spiro atoms. The van der Waals surface area contributed by atoms with Crippen LogP contribution >= 0.6 is 0 Å². The summed E-state index contributed by atoms with van der Waals surface area (Å²) in [6, 6.07) is 2.84. The summed E-state index contributed by atoms with van der Waals surface area (Å²) < 4.78 is 20.3. The van der Waals surface area contributed by atoms with E-state index in [9.17, 15) is 10.1 Å². The van der Waals surface area contributed by atoms with Crippen LogP contribution in [0, 0.1) is 15.9 Å². The molecule has 0 amide bonds. The molecule has 0 aliphatic carbocycles. The topological polar surface area (TPSA) is 87.9 Å². The maximum absolute atomic E-state index is 15.0. The van der Waals surface area contributed by atoms with Crippen LogP contribution < -0.4 is 9.80 Å². The number of morpholine rings is 1. The number of likely N-dealkylation sites (N-methyl/N-ethyl adjacent to an activating group) is 1. The van der Waals surface area contributed by atoms with Gasteiger partial charge in [0.25, 0.3) is 5.69 Å². The maximum atomic E-state index is 15.0. The largest absolute Gasteiger partial charge is 0.378 e. The number of benzene rings is 1. The van der Waals surface area contributed by atoms with Crippen molar-refractivity contribution >= 4 is 17.3 Å². The van der Waals surface area contributed by atoms with E-state index in [2.05, 4.69) is 14.9 Å². The fourth-order valence-electron chi connectivity index (χ4n) is 3.94. The minimum atomic E-state index is -0.522. The van der Waals surface area contributed by atoms with Crippen LogP contribution in [0.2, 0.25) is 0 Å². The molecule has 2 fully saturated rings. The van der Waals surface area contributed by atoms with Gasteiger partial charge in [-0.15, -0.1) is 0 Å². The van der Waals surface area contributed by atoms with E-state index in [1.807, 2.05) is 23.9 Å². The molecule has 160 valence electrons. The molecule has 1 aromatic heterocycles. The standard InChI is InChI=1S/C20H25FN6O3/c1-24(2)15-3-4-26(13-15)18-10-17(21)16(9-19(18)27(28)29)14-11-22-20(23-12-14)25-5-7-30-8-6-25/h9-12,15H,3-8,13H2,1-2H3/t15-/m1/s1. The Morgan fingerprint density at radius 3 is 2.47 bits per heavy atom. The van der Waals surface area contributed by atoms with E-state index < -0.39 is 10.7 Å². The van der Waals surface area contributed by atoms with Gasteiger partial charge in [-0.3, -0.25) is 10.1 Å². The van der Waals surface area contributed by atoms with Crippen molar-refractivity contribution in [3.05, 3.63) is 40.5 Å². The average molecular weight is 416 g/mol. The fourth-order valence-corrected chi connectivity index (χ4v) is 3.94. The number of nitro benzene ring substituents is 1. The average Bonchev–Trinajstić information content (AvgIpc) is 3.25. The van der Waals surface area contributed by atoms with E-state index in [1.165, 1.54) is 24.5 Å². The molecule has 2 aromatic rings. The Bertz CT molecular complexity index is 918. The number of hydrogen-bond acceptors (Lipinski definition) is 8. The molecule has 0 radical (unpaired) electrons. The predicted octanol–water partition coefficient (Wildman–Crippen LogP) is 2.17. The van der Waals surface area contributed by atoms with Gasteiger partial charge >= 0.3 is 0 Å². The van der Waals surface area contributed by atoms with E-state index in [0.717, 1.165) is 6.42 Å². The molecule has 30 heavy (non-hydrogen) atoms. The van der Waals surface area contributed by atoms with Crippen molar-refractivity contribution in [3.63, 3.8) is 0 Å². The summed E-state index contributed by atoms with van der Waals surface area (Å²) in [5.41, 5.74) is 0.744. The molecule has 1 atom stereocenters. The molecule has 9 nitrogen and oxygen atoms in total. The van der Waals surface area contributed by atoms with Gasteiger partial charge < -0.3 is 19.4 Å². The second kappa shape index (κ2) is 8.49. The molecule has 3 heterocycles. The van der Waals surface area contributed by atoms with Crippen LogP contribution in [-0.4, -0.2) is 79.3 Å². The molecule has 2 aliphatic heterocycles. The molecule has 2 aliphatic rings. The molecule has 10 heteroatoms. The SMILES string of the molecule is CN(C)[C@@H]1CCN(c2cc(F)c(-c3cnc(N4CCOCC4)nc3)cc2[N+](=O)[O-])C1. The van der Waals surface area contributed by atoms with E-state index in [-0.39, 0.29) is 17.3 Å². The van der Waals surface area contributed by atoms with Crippen LogP contribution in [0.15, 0.2) is 24.5 Å². The highest BCUT2D eigenvalue weighted by Crippen LogP contribution is 2.37. The van der Waals surface area contributed by atoms with E-state index in [1.54, 1.807) is 0 Å². The first-order valence-electron chi connectivity index (χ1n) is 9.98. The lowest BCUT2D eigenvalue weighted by Crippen LogP contribution is -2.37. The van der Waals surface area contributed by atoms with E-state index in [4.69, 9.17) is 4.74 Å². The summed E-state index contributed by atoms with van der Waals surface area (Å²) in [7, 11) is 3.96. The number of halogens is 1. The van der Waals surface area contributed by atoms with Crippen molar-refractivity contribution in [3.8, 4) is 11.1 Å². The minimum absolute atomic E-state index is 0.108. The molecule has 0 bridgehead atoms. The van der Waals surface area contributed by atoms with Crippen LogP contribution in [0.4, 0.5) is 21.7 Å². The summed E-state index contributed by atoms with van der Waals surface area (Å²) in [4.78, 5) is 25.9. The van der Waals surface area contributed by atoms with Crippen molar-refractivity contribution in [1.29, 1.82) is 0 Å². The first-order chi connectivity index (χ1) is 14.4. The van der Waals surface area contributed by atoms with Gasteiger partial charge in [-0.05, 0) is 20.5 Å². The molecule has 1 aromatic carbocycles. The summed E-state index contributed by atoms with van der Waals surface area (Å²) >= 11 is 0. The molecular formula is C20H25FN6O3. The molecule has 0 N–H and O–H groups in total. The van der Waals surface area contributed by atoms with Crippen molar-refractivity contribution in [1.82, 2.24) is 14.9 Å². The number of nitrogens with zero attached hydrogens (tertiary/aromatic N) is 6. The normalized spacial score (nSPS) is 19.5. The van der Waals surface area contributed by atoms with Gasteiger partial charge in [0, 0.05) is 67.9 Å². The molecule has 0 unspecified atom stereocenters. The number of nitro groups is 1. The number of aromatic nitrogens is 2. The zero-order chi connectivity index (χ0) is 21.3.